The minimum Gasteiger partial charge on any atom is -0.394 e. The summed E-state index contributed by atoms with van der Waals surface area (Å²) in [6, 6.07) is 0. The summed E-state index contributed by atoms with van der Waals surface area (Å²) in [6.07, 6.45) is -1.47. The molecule has 2 rings (SSSR count). The number of carbonyl (C=O) groups excluding carboxylic acids is 1. The van der Waals surface area contributed by atoms with Crippen LogP contribution in [0.2, 0.25) is 0 Å². The van der Waals surface area contributed by atoms with E-state index >= 15 is 0 Å². The largest absolute Gasteiger partial charge is 0.394 e. The molecule has 1 fully saturated rings. The first kappa shape index (κ1) is 23.2. The average Bonchev–Trinajstić information content (AvgIpc) is 2.61. The van der Waals surface area contributed by atoms with Crippen LogP contribution in [0.5, 0.6) is 0 Å². The number of aliphatic hydroxyl groups excluding tert-OH is 4. The van der Waals surface area contributed by atoms with Crippen molar-refractivity contribution in [2.75, 3.05) is 13.2 Å². The second-order valence-corrected chi connectivity index (χ2v) is 8.49. The molecule has 2 aliphatic rings. The lowest BCUT2D eigenvalue weighted by Crippen LogP contribution is -2.59. The lowest BCUT2D eigenvalue weighted by atomic mass is 9.64. The number of ketones is 1. The van der Waals surface area contributed by atoms with E-state index in [1.54, 1.807) is 19.1 Å². The molecule has 0 aromatic rings. The van der Waals surface area contributed by atoms with Crippen LogP contribution in [0.3, 0.4) is 0 Å². The summed E-state index contributed by atoms with van der Waals surface area (Å²) in [5.74, 6) is -0.197. The van der Waals surface area contributed by atoms with Crippen molar-refractivity contribution in [3.63, 3.8) is 0 Å². The fraction of sp³-hybridized carbons (Fsp3) is 0.750. The predicted octanol–water partition coefficient (Wildman–Crippen LogP) is -0.328. The quantitative estimate of drug-likeness (QED) is 0.382. The summed E-state index contributed by atoms with van der Waals surface area (Å²) in [4.78, 5) is 11.8. The minimum atomic E-state index is -1.49. The molecule has 8 nitrogen and oxygen atoms in total. The number of ether oxygens (including phenoxy) is 2. The molecule has 5 N–H and O–H groups in total. The molecule has 7 atom stereocenters. The van der Waals surface area contributed by atoms with Crippen molar-refractivity contribution in [2.45, 2.75) is 70.4 Å². The molecule has 8 heteroatoms. The number of carbonyl (C=O) groups is 1. The Hall–Kier alpha value is -1.13. The van der Waals surface area contributed by atoms with Crippen LogP contribution in [0.4, 0.5) is 0 Å². The van der Waals surface area contributed by atoms with Crippen LogP contribution in [0.25, 0.3) is 0 Å². The standard InChI is InChI=1S/C20H32O8/c1-11(5-6-20(26)12(2)7-13(22)8-19(20,3)4)10-27-18-17(25)16(24)15(23)14(9-21)28-18/h5-7,11,14-18,21,23-26H,8-10H2,1-4H3/b6-5-/t11?,14-,15-,16+,17-,18-,20-/m1/s1. The van der Waals surface area contributed by atoms with E-state index in [2.05, 4.69) is 0 Å². The third-order valence-corrected chi connectivity index (χ3v) is 5.66. The zero-order valence-corrected chi connectivity index (χ0v) is 16.8. The molecular weight excluding hydrogens is 368 g/mol. The zero-order chi connectivity index (χ0) is 21.3. The van der Waals surface area contributed by atoms with Crippen LogP contribution in [0.15, 0.2) is 23.8 Å². The number of hydrogen-bond acceptors (Lipinski definition) is 8. The van der Waals surface area contributed by atoms with Crippen LogP contribution in [0.1, 0.15) is 34.1 Å². The Balaban J connectivity index is 2.01. The fourth-order valence-electron chi connectivity index (χ4n) is 3.67. The maximum Gasteiger partial charge on any atom is 0.186 e. The van der Waals surface area contributed by atoms with Crippen molar-refractivity contribution >= 4 is 5.78 Å². The summed E-state index contributed by atoms with van der Waals surface area (Å²) in [7, 11) is 0. The summed E-state index contributed by atoms with van der Waals surface area (Å²) >= 11 is 0. The highest BCUT2D eigenvalue weighted by Crippen LogP contribution is 2.44. The van der Waals surface area contributed by atoms with Gasteiger partial charge in [-0.3, -0.25) is 4.79 Å². The smallest absolute Gasteiger partial charge is 0.186 e. The predicted molar refractivity (Wildman–Crippen MR) is 100 cm³/mol. The van der Waals surface area contributed by atoms with Gasteiger partial charge in [-0.1, -0.05) is 32.9 Å². The Labute approximate surface area is 165 Å². The normalized spacial score (nSPS) is 39.8. The number of rotatable bonds is 6. The lowest BCUT2D eigenvalue weighted by molar-refractivity contribution is -0.302. The molecular formula is C20H32O8. The molecule has 160 valence electrons. The van der Waals surface area contributed by atoms with E-state index in [1.165, 1.54) is 6.08 Å². The molecule has 1 heterocycles. The van der Waals surface area contributed by atoms with Gasteiger partial charge in [0.2, 0.25) is 0 Å². The van der Waals surface area contributed by atoms with Gasteiger partial charge in [-0.2, -0.15) is 0 Å². The Morgan fingerprint density at radius 2 is 1.93 bits per heavy atom. The van der Waals surface area contributed by atoms with Gasteiger partial charge in [0.1, 0.15) is 30.0 Å². The molecule has 1 aliphatic heterocycles. The van der Waals surface area contributed by atoms with Crippen molar-refractivity contribution in [3.05, 3.63) is 23.8 Å². The molecule has 1 aliphatic carbocycles. The monoisotopic (exact) mass is 400 g/mol. The van der Waals surface area contributed by atoms with Gasteiger partial charge in [-0.25, -0.2) is 0 Å². The molecule has 1 saturated heterocycles. The Morgan fingerprint density at radius 3 is 2.50 bits per heavy atom. The van der Waals surface area contributed by atoms with Gasteiger partial charge in [0, 0.05) is 11.8 Å². The Morgan fingerprint density at radius 1 is 1.29 bits per heavy atom. The summed E-state index contributed by atoms with van der Waals surface area (Å²) in [5, 5.41) is 49.9. The first-order chi connectivity index (χ1) is 12.9. The van der Waals surface area contributed by atoms with E-state index in [-0.39, 0.29) is 24.7 Å². The molecule has 0 aromatic carbocycles. The molecule has 0 aromatic heterocycles. The van der Waals surface area contributed by atoms with Crippen molar-refractivity contribution in [2.24, 2.45) is 11.3 Å². The molecule has 0 bridgehead atoms. The van der Waals surface area contributed by atoms with Crippen LogP contribution < -0.4 is 0 Å². The summed E-state index contributed by atoms with van der Waals surface area (Å²) < 4.78 is 10.8. The van der Waals surface area contributed by atoms with E-state index in [4.69, 9.17) is 9.47 Å². The highest BCUT2D eigenvalue weighted by atomic mass is 16.7. The average molecular weight is 400 g/mol. The molecule has 0 saturated carbocycles. The van der Waals surface area contributed by atoms with Gasteiger partial charge >= 0.3 is 0 Å². The highest BCUT2D eigenvalue weighted by Gasteiger charge is 2.47. The van der Waals surface area contributed by atoms with Gasteiger partial charge in [0.15, 0.2) is 12.1 Å². The van der Waals surface area contributed by atoms with Crippen molar-refractivity contribution < 1.29 is 39.8 Å². The Bertz CT molecular complexity index is 626. The second kappa shape index (κ2) is 8.71. The molecule has 28 heavy (non-hydrogen) atoms. The maximum atomic E-state index is 11.8. The van der Waals surface area contributed by atoms with E-state index in [1.807, 2.05) is 20.8 Å². The summed E-state index contributed by atoms with van der Waals surface area (Å²) in [5.41, 5.74) is -1.35. The number of hydrogen-bond donors (Lipinski definition) is 5. The van der Waals surface area contributed by atoms with Gasteiger partial charge < -0.3 is 35.0 Å². The molecule has 0 radical (unpaired) electrons. The van der Waals surface area contributed by atoms with E-state index < -0.39 is 48.3 Å². The molecule has 1 unspecified atom stereocenters. The molecule has 0 spiro atoms. The first-order valence-corrected chi connectivity index (χ1v) is 9.48. The van der Waals surface area contributed by atoms with Crippen molar-refractivity contribution in [3.8, 4) is 0 Å². The van der Waals surface area contributed by atoms with E-state index in [9.17, 15) is 30.3 Å². The molecule has 0 amide bonds. The van der Waals surface area contributed by atoms with Crippen LogP contribution in [0, 0.1) is 11.3 Å². The maximum absolute atomic E-state index is 11.8. The van der Waals surface area contributed by atoms with E-state index in [0.29, 0.717) is 5.57 Å². The Kier molecular flexibility index (Phi) is 7.20. The van der Waals surface area contributed by atoms with Gasteiger partial charge in [-0.05, 0) is 24.5 Å². The van der Waals surface area contributed by atoms with Gasteiger partial charge in [0.25, 0.3) is 0 Å². The minimum absolute atomic E-state index is 0.0143. The van der Waals surface area contributed by atoms with E-state index in [0.717, 1.165) is 0 Å². The van der Waals surface area contributed by atoms with Crippen molar-refractivity contribution in [1.82, 2.24) is 0 Å². The zero-order valence-electron chi connectivity index (χ0n) is 16.8. The number of allylic oxidation sites excluding steroid dienone is 1. The third-order valence-electron chi connectivity index (χ3n) is 5.66. The van der Waals surface area contributed by atoms with Gasteiger partial charge in [0.05, 0.1) is 13.2 Å². The third kappa shape index (κ3) is 4.54. The van der Waals surface area contributed by atoms with Crippen LogP contribution in [-0.2, 0) is 14.3 Å². The second-order valence-electron chi connectivity index (χ2n) is 8.49. The van der Waals surface area contributed by atoms with Crippen LogP contribution in [-0.4, -0.2) is 80.8 Å². The fourth-order valence-corrected chi connectivity index (χ4v) is 3.67. The number of aliphatic hydroxyl groups is 5. The van der Waals surface area contributed by atoms with Crippen molar-refractivity contribution in [1.29, 1.82) is 0 Å². The summed E-state index contributed by atoms with van der Waals surface area (Å²) in [6.45, 7) is 6.81. The van der Waals surface area contributed by atoms with Crippen LogP contribution >= 0.6 is 0 Å². The highest BCUT2D eigenvalue weighted by molar-refractivity contribution is 5.92. The van der Waals surface area contributed by atoms with Gasteiger partial charge in [-0.15, -0.1) is 0 Å². The lowest BCUT2D eigenvalue weighted by Gasteiger charge is -2.44. The first-order valence-electron chi connectivity index (χ1n) is 9.48. The SMILES string of the molecule is CC1=CC(=O)CC(C)(C)[C@@]1(O)/C=C\C(C)CO[C@@H]1O[C@H](CO)[C@@H](O)[C@H](O)[C@H]1O. The topological polar surface area (TPSA) is 137 Å².